The van der Waals surface area contributed by atoms with Crippen LogP contribution in [0.5, 0.6) is 0 Å². The molecule has 0 radical (unpaired) electrons. The molecule has 1 fully saturated rings. The number of primary amides is 1. The van der Waals surface area contributed by atoms with Crippen molar-refractivity contribution < 1.29 is 23.1 Å². The highest BCUT2D eigenvalue weighted by Crippen LogP contribution is 2.51. The van der Waals surface area contributed by atoms with Crippen LogP contribution in [0.4, 0.5) is 14.5 Å². The van der Waals surface area contributed by atoms with E-state index in [1.54, 1.807) is 11.8 Å². The highest BCUT2D eigenvalue weighted by atomic mass is 32.2. The molecule has 130 valence electrons. The van der Waals surface area contributed by atoms with Crippen molar-refractivity contribution >= 4 is 29.3 Å². The monoisotopic (exact) mass is 356 g/mol. The molecule has 1 aromatic carbocycles. The van der Waals surface area contributed by atoms with E-state index in [4.69, 9.17) is 10.5 Å². The van der Waals surface area contributed by atoms with Crippen molar-refractivity contribution in [2.75, 3.05) is 30.1 Å². The number of ether oxygens (including phenoxy) is 1. The Morgan fingerprint density at radius 2 is 2.25 bits per heavy atom. The van der Waals surface area contributed by atoms with Gasteiger partial charge in [-0.1, -0.05) is 0 Å². The third kappa shape index (κ3) is 2.39. The van der Waals surface area contributed by atoms with Gasteiger partial charge in [-0.2, -0.15) is 11.8 Å². The van der Waals surface area contributed by atoms with Crippen molar-refractivity contribution in [3.63, 3.8) is 0 Å². The molecule has 8 heteroatoms. The molecule has 2 aliphatic heterocycles. The van der Waals surface area contributed by atoms with Crippen LogP contribution in [0.1, 0.15) is 18.4 Å². The predicted octanol–water partition coefficient (Wildman–Crippen LogP) is 1.78. The van der Waals surface area contributed by atoms with Gasteiger partial charge in [0, 0.05) is 13.0 Å². The molecule has 0 bridgehead atoms. The van der Waals surface area contributed by atoms with E-state index in [2.05, 4.69) is 0 Å². The van der Waals surface area contributed by atoms with Crippen LogP contribution in [0.3, 0.4) is 0 Å². The van der Waals surface area contributed by atoms with E-state index in [0.717, 1.165) is 23.1 Å². The fourth-order valence-corrected chi connectivity index (χ4v) is 4.87. The number of nitrogens with two attached hydrogens (primary N) is 1. The molecule has 0 aliphatic carbocycles. The summed E-state index contributed by atoms with van der Waals surface area (Å²) in [6, 6.07) is 2.24. The lowest BCUT2D eigenvalue weighted by Gasteiger charge is -2.37. The molecule has 2 N–H and O–H groups in total. The molecule has 3 rings (SSSR count). The summed E-state index contributed by atoms with van der Waals surface area (Å²) in [5, 5.41) is 0. The predicted molar refractivity (Wildman–Crippen MR) is 86.6 cm³/mol. The first-order valence-corrected chi connectivity index (χ1v) is 8.80. The minimum absolute atomic E-state index is 0.122. The van der Waals surface area contributed by atoms with Gasteiger partial charge in [0.1, 0.15) is 6.54 Å². The number of nitrogens with zero attached hydrogens (tertiary/aromatic N) is 1. The summed E-state index contributed by atoms with van der Waals surface area (Å²) in [7, 11) is 1.32. The molecular weight excluding hydrogens is 338 g/mol. The number of hydrogen-bond donors (Lipinski definition) is 1. The van der Waals surface area contributed by atoms with E-state index >= 15 is 0 Å². The first-order chi connectivity index (χ1) is 11.4. The fraction of sp³-hybridized carbons (Fsp3) is 0.500. The molecule has 5 nitrogen and oxygen atoms in total. The van der Waals surface area contributed by atoms with Crippen LogP contribution in [0.25, 0.3) is 0 Å². The van der Waals surface area contributed by atoms with Crippen LogP contribution in [0.2, 0.25) is 0 Å². The van der Waals surface area contributed by atoms with E-state index in [1.165, 1.54) is 13.2 Å². The van der Waals surface area contributed by atoms with Gasteiger partial charge in [-0.25, -0.2) is 8.78 Å². The lowest BCUT2D eigenvalue weighted by molar-refractivity contribution is -0.147. The van der Waals surface area contributed by atoms with Gasteiger partial charge in [-0.15, -0.1) is 0 Å². The van der Waals surface area contributed by atoms with Gasteiger partial charge in [0.15, 0.2) is 17.2 Å². The zero-order valence-corrected chi connectivity index (χ0v) is 14.0. The van der Waals surface area contributed by atoms with Crippen LogP contribution >= 0.6 is 11.8 Å². The van der Waals surface area contributed by atoms with Crippen LogP contribution in [0, 0.1) is 17.6 Å². The fourth-order valence-electron chi connectivity index (χ4n) is 3.64. The molecule has 1 unspecified atom stereocenters. The quantitative estimate of drug-likeness (QED) is 0.893. The highest BCUT2D eigenvalue weighted by molar-refractivity contribution is 7.99. The average molecular weight is 356 g/mol. The maximum atomic E-state index is 14.7. The molecule has 2 atom stereocenters. The number of thioether (sulfide) groups is 1. The Balaban J connectivity index is 2.20. The van der Waals surface area contributed by atoms with Gasteiger partial charge in [-0.3, -0.25) is 14.5 Å². The summed E-state index contributed by atoms with van der Waals surface area (Å²) >= 11 is 1.65. The van der Waals surface area contributed by atoms with Crippen molar-refractivity contribution in [1.82, 2.24) is 0 Å². The number of benzene rings is 1. The summed E-state index contributed by atoms with van der Waals surface area (Å²) in [5.74, 6) is -2.20. The molecule has 24 heavy (non-hydrogen) atoms. The Morgan fingerprint density at radius 3 is 2.83 bits per heavy atom. The lowest BCUT2D eigenvalue weighted by Crippen LogP contribution is -2.50. The highest BCUT2D eigenvalue weighted by Gasteiger charge is 2.58. The van der Waals surface area contributed by atoms with Crippen molar-refractivity contribution in [3.8, 4) is 0 Å². The Morgan fingerprint density at radius 1 is 1.50 bits per heavy atom. The van der Waals surface area contributed by atoms with Crippen LogP contribution < -0.4 is 10.6 Å². The molecule has 0 saturated carbocycles. The average Bonchev–Trinajstić information content (AvgIpc) is 2.81. The summed E-state index contributed by atoms with van der Waals surface area (Å²) in [6.07, 6.45) is 1.52. The van der Waals surface area contributed by atoms with Crippen molar-refractivity contribution in [2.24, 2.45) is 11.7 Å². The number of halogens is 2. The zero-order valence-electron chi connectivity index (χ0n) is 13.2. The number of carbonyl (C=O) groups is 2. The molecule has 2 aliphatic rings. The lowest BCUT2D eigenvalue weighted by atomic mass is 9.80. The largest absolute Gasteiger partial charge is 0.368 e. The van der Waals surface area contributed by atoms with Crippen molar-refractivity contribution in [3.05, 3.63) is 29.3 Å². The SMILES string of the molecule is CO[C@]1(C2CCCSC2)C(=O)N(CC(N)=O)c2ccc(F)c(F)c21. The van der Waals surface area contributed by atoms with Gasteiger partial charge in [0.2, 0.25) is 5.91 Å². The zero-order chi connectivity index (χ0) is 17.5. The summed E-state index contributed by atoms with van der Waals surface area (Å²) < 4.78 is 34.1. The molecule has 2 amide bonds. The first-order valence-electron chi connectivity index (χ1n) is 7.65. The van der Waals surface area contributed by atoms with Crippen molar-refractivity contribution in [2.45, 2.75) is 18.4 Å². The maximum Gasteiger partial charge on any atom is 0.264 e. The minimum Gasteiger partial charge on any atom is -0.368 e. The molecule has 0 spiro atoms. The van der Waals surface area contributed by atoms with E-state index in [9.17, 15) is 18.4 Å². The minimum atomic E-state index is -1.62. The van der Waals surface area contributed by atoms with E-state index < -0.39 is 35.6 Å². The van der Waals surface area contributed by atoms with Crippen molar-refractivity contribution in [1.29, 1.82) is 0 Å². The van der Waals surface area contributed by atoms with Crippen LogP contribution in [0.15, 0.2) is 12.1 Å². The number of anilines is 1. The third-order valence-electron chi connectivity index (χ3n) is 4.67. The first kappa shape index (κ1) is 17.2. The third-order valence-corrected chi connectivity index (χ3v) is 5.88. The molecule has 2 heterocycles. The van der Waals surface area contributed by atoms with Gasteiger partial charge in [0.05, 0.1) is 11.3 Å². The normalized spacial score (nSPS) is 26.5. The number of rotatable bonds is 4. The summed E-state index contributed by atoms with van der Waals surface area (Å²) in [6.45, 7) is -0.401. The van der Waals surface area contributed by atoms with Crippen LogP contribution in [-0.2, 0) is 19.9 Å². The Bertz CT molecular complexity index is 694. The number of methoxy groups -OCH3 is 1. The molecule has 1 aromatic rings. The smallest absolute Gasteiger partial charge is 0.264 e. The standard InChI is InChI=1S/C16H18F2N2O3S/c1-23-16(9-3-2-6-24-8-9)13-11(5-4-10(17)14(13)18)20(15(16)22)7-12(19)21/h4-5,9H,2-3,6-8H2,1H3,(H2,19,21)/t9?,16-/m0/s1. The maximum absolute atomic E-state index is 14.7. The number of carbonyl (C=O) groups excluding carboxylic acids is 2. The second-order valence-electron chi connectivity index (χ2n) is 5.97. The molecule has 0 aromatic heterocycles. The van der Waals surface area contributed by atoms with Gasteiger partial charge < -0.3 is 10.5 Å². The molecular formula is C16H18F2N2O3S. The van der Waals surface area contributed by atoms with Gasteiger partial charge in [-0.05, 0) is 36.5 Å². The number of hydrogen-bond acceptors (Lipinski definition) is 4. The summed E-state index contributed by atoms with van der Waals surface area (Å²) in [4.78, 5) is 25.6. The Labute approximate surface area is 142 Å². The van der Waals surface area contributed by atoms with E-state index in [0.29, 0.717) is 12.2 Å². The van der Waals surface area contributed by atoms with E-state index in [1.807, 2.05) is 0 Å². The van der Waals surface area contributed by atoms with Crippen LogP contribution in [-0.4, -0.2) is 37.0 Å². The topological polar surface area (TPSA) is 72.6 Å². The number of amides is 2. The Hall–Kier alpha value is -1.67. The van der Waals surface area contributed by atoms with Gasteiger partial charge >= 0.3 is 0 Å². The Kier molecular flexibility index (Phi) is 4.52. The van der Waals surface area contributed by atoms with E-state index in [-0.39, 0.29) is 17.2 Å². The molecule has 1 saturated heterocycles. The van der Waals surface area contributed by atoms with Gasteiger partial charge in [0.25, 0.3) is 5.91 Å². The summed E-state index contributed by atoms with van der Waals surface area (Å²) in [5.41, 5.74) is 3.63. The second-order valence-corrected chi connectivity index (χ2v) is 7.12. The second kappa shape index (κ2) is 6.33. The number of fused-ring (bicyclic) bond motifs is 1.